The predicted molar refractivity (Wildman–Crippen MR) is 101 cm³/mol. The smallest absolute Gasteiger partial charge is 0.213 e. The number of pyridine rings is 1. The molecule has 0 bridgehead atoms. The van der Waals surface area contributed by atoms with E-state index in [1.165, 1.54) is 10.9 Å². The first-order valence-corrected chi connectivity index (χ1v) is 8.61. The van der Waals surface area contributed by atoms with E-state index in [0.29, 0.717) is 6.54 Å². The third-order valence-electron chi connectivity index (χ3n) is 4.61. The summed E-state index contributed by atoms with van der Waals surface area (Å²) in [5.74, 6) is 1.74. The van der Waals surface area contributed by atoms with E-state index in [4.69, 9.17) is 10.5 Å². The Hall–Kier alpha value is -2.85. The molecule has 1 aliphatic heterocycles. The fourth-order valence-corrected chi connectivity index (χ4v) is 3.27. The predicted octanol–water partition coefficient (Wildman–Crippen LogP) is 3.30. The number of nitrogens with zero attached hydrogens (tertiary/aromatic N) is 2. The van der Waals surface area contributed by atoms with Crippen LogP contribution >= 0.6 is 0 Å². The average molecular weight is 332 g/mol. The second kappa shape index (κ2) is 6.57. The van der Waals surface area contributed by atoms with Gasteiger partial charge in [0.25, 0.3) is 0 Å². The maximum Gasteiger partial charge on any atom is 0.213 e. The van der Waals surface area contributed by atoms with E-state index in [1.54, 1.807) is 0 Å². The molecule has 0 amide bonds. The van der Waals surface area contributed by atoms with Crippen LogP contribution in [0.3, 0.4) is 0 Å². The van der Waals surface area contributed by atoms with Gasteiger partial charge in [-0.25, -0.2) is 0 Å². The molecule has 0 radical (unpaired) electrons. The van der Waals surface area contributed by atoms with E-state index < -0.39 is 0 Å². The molecule has 3 aromatic rings. The molecule has 0 atom stereocenters. The number of anilines is 1. The highest BCUT2D eigenvalue weighted by Gasteiger charge is 2.23. The van der Waals surface area contributed by atoms with Crippen molar-refractivity contribution >= 4 is 22.7 Å². The number of para-hydroxylation sites is 3. The Morgan fingerprint density at radius 2 is 1.88 bits per heavy atom. The van der Waals surface area contributed by atoms with E-state index in [2.05, 4.69) is 58.1 Å². The van der Waals surface area contributed by atoms with Crippen LogP contribution in [0.2, 0.25) is 0 Å². The zero-order valence-electron chi connectivity index (χ0n) is 14.4. The van der Waals surface area contributed by atoms with Crippen molar-refractivity contribution in [1.29, 1.82) is 0 Å². The number of ether oxygens (including phenoxy) is 1. The molecule has 0 saturated carbocycles. The summed E-state index contributed by atoms with van der Waals surface area (Å²) in [5.41, 5.74) is 9.12. The summed E-state index contributed by atoms with van der Waals surface area (Å²) in [6, 6.07) is 18.7. The lowest BCUT2D eigenvalue weighted by atomic mass is 10.1. The molecular weight excluding hydrogens is 310 g/mol. The van der Waals surface area contributed by atoms with E-state index in [-0.39, 0.29) is 0 Å². The minimum absolute atomic E-state index is 0.698. The molecule has 4 rings (SSSR count). The minimum Gasteiger partial charge on any atom is -0.439 e. The van der Waals surface area contributed by atoms with Crippen molar-refractivity contribution in [3.8, 4) is 5.75 Å². The fourth-order valence-electron chi connectivity index (χ4n) is 3.27. The summed E-state index contributed by atoms with van der Waals surface area (Å²) in [4.78, 5) is 2.08. The Balaban J connectivity index is 1.76. The summed E-state index contributed by atoms with van der Waals surface area (Å²) in [7, 11) is 2.03. The largest absolute Gasteiger partial charge is 0.439 e. The summed E-state index contributed by atoms with van der Waals surface area (Å²) in [6.07, 6.45) is 5.21. The normalized spacial score (nSPS) is 14.8. The number of aryl methyl sites for hydroxylation is 1. The van der Waals surface area contributed by atoms with E-state index >= 15 is 0 Å². The zero-order valence-corrected chi connectivity index (χ0v) is 14.4. The van der Waals surface area contributed by atoms with Gasteiger partial charge >= 0.3 is 0 Å². The molecule has 1 aromatic heterocycles. The average Bonchev–Trinajstić information content (AvgIpc) is 2.97. The lowest BCUT2D eigenvalue weighted by molar-refractivity contribution is -0.671. The van der Waals surface area contributed by atoms with Crippen molar-refractivity contribution < 1.29 is 9.30 Å². The van der Waals surface area contributed by atoms with Crippen LogP contribution < -0.4 is 19.9 Å². The van der Waals surface area contributed by atoms with Crippen molar-refractivity contribution in [3.63, 3.8) is 0 Å². The van der Waals surface area contributed by atoms with E-state index in [0.717, 1.165) is 35.8 Å². The first kappa shape index (κ1) is 15.7. The standard InChI is InChI=1S/C21H22N3O/c1-23-19-9-4-5-10-20(19)25-21(23)15-16-11-14-24(13-6-12-22)18-8-3-2-7-17(16)18/h2-5,7-11,14-15H,6,12-13,22H2,1H3/q+1. The van der Waals surface area contributed by atoms with E-state index in [1.807, 2.05) is 25.2 Å². The molecule has 0 saturated heterocycles. The van der Waals surface area contributed by atoms with Gasteiger partial charge in [0.2, 0.25) is 11.4 Å². The quantitative estimate of drug-likeness (QED) is 0.746. The van der Waals surface area contributed by atoms with Gasteiger partial charge in [-0.3, -0.25) is 0 Å². The van der Waals surface area contributed by atoms with Gasteiger partial charge in [0.05, 0.1) is 11.1 Å². The minimum atomic E-state index is 0.698. The third-order valence-corrected chi connectivity index (χ3v) is 4.61. The van der Waals surface area contributed by atoms with Gasteiger partial charge in [0.1, 0.15) is 6.54 Å². The van der Waals surface area contributed by atoms with Crippen molar-refractivity contribution in [3.05, 3.63) is 72.2 Å². The van der Waals surface area contributed by atoms with E-state index in [9.17, 15) is 0 Å². The van der Waals surface area contributed by atoms with Crippen LogP contribution in [0.4, 0.5) is 5.69 Å². The Morgan fingerprint density at radius 3 is 2.72 bits per heavy atom. The zero-order chi connectivity index (χ0) is 17.2. The molecule has 0 aliphatic carbocycles. The number of hydrogen-bond acceptors (Lipinski definition) is 3. The first-order valence-electron chi connectivity index (χ1n) is 8.61. The molecule has 0 unspecified atom stereocenters. The monoisotopic (exact) mass is 332 g/mol. The maximum absolute atomic E-state index is 6.03. The van der Waals surface area contributed by atoms with Gasteiger partial charge in [0.15, 0.2) is 11.9 Å². The van der Waals surface area contributed by atoms with Gasteiger partial charge < -0.3 is 15.4 Å². The van der Waals surface area contributed by atoms with Crippen LogP contribution in [-0.4, -0.2) is 13.6 Å². The molecule has 2 aromatic carbocycles. The van der Waals surface area contributed by atoms with Crippen LogP contribution in [0.15, 0.2) is 66.7 Å². The number of nitrogens with two attached hydrogens (primary N) is 1. The SMILES string of the molecule is CN1/C(=C\c2cc[n+](CCCN)c3ccccc23)Oc2ccccc21. The maximum atomic E-state index is 6.03. The lowest BCUT2D eigenvalue weighted by Gasteiger charge is -2.11. The number of rotatable bonds is 4. The first-order chi connectivity index (χ1) is 12.3. The highest BCUT2D eigenvalue weighted by molar-refractivity contribution is 5.86. The molecule has 25 heavy (non-hydrogen) atoms. The van der Waals surface area contributed by atoms with Gasteiger partial charge in [-0.1, -0.05) is 24.3 Å². The van der Waals surface area contributed by atoms with Gasteiger partial charge in [-0.2, -0.15) is 4.57 Å². The second-order valence-corrected chi connectivity index (χ2v) is 6.24. The molecule has 4 heteroatoms. The molecule has 0 spiro atoms. The molecule has 4 nitrogen and oxygen atoms in total. The third kappa shape index (κ3) is 2.85. The molecular formula is C21H22N3O+. The van der Waals surface area contributed by atoms with Crippen LogP contribution in [0.25, 0.3) is 17.0 Å². The molecule has 126 valence electrons. The van der Waals surface area contributed by atoms with Crippen LogP contribution in [0, 0.1) is 0 Å². The van der Waals surface area contributed by atoms with Crippen LogP contribution in [-0.2, 0) is 6.54 Å². The fraction of sp³-hybridized carbons (Fsp3) is 0.190. The van der Waals surface area contributed by atoms with Crippen molar-refractivity contribution in [2.24, 2.45) is 5.73 Å². The van der Waals surface area contributed by atoms with Crippen LogP contribution in [0.5, 0.6) is 5.75 Å². The Kier molecular flexibility index (Phi) is 4.12. The molecule has 0 fully saturated rings. The summed E-state index contributed by atoms with van der Waals surface area (Å²) in [5, 5.41) is 1.21. The molecule has 2 heterocycles. The highest BCUT2D eigenvalue weighted by Crippen LogP contribution is 2.38. The van der Waals surface area contributed by atoms with Gasteiger partial charge in [0, 0.05) is 31.7 Å². The van der Waals surface area contributed by atoms with Crippen molar-refractivity contribution in [2.75, 3.05) is 18.5 Å². The number of hydrogen-bond donors (Lipinski definition) is 1. The summed E-state index contributed by atoms with van der Waals surface area (Å²) < 4.78 is 8.29. The highest BCUT2D eigenvalue weighted by atomic mass is 16.5. The molecule has 2 N–H and O–H groups in total. The Labute approximate surface area is 147 Å². The van der Waals surface area contributed by atoms with Crippen LogP contribution in [0.1, 0.15) is 12.0 Å². The van der Waals surface area contributed by atoms with Gasteiger partial charge in [-0.05, 0) is 30.3 Å². The van der Waals surface area contributed by atoms with Crippen molar-refractivity contribution in [2.45, 2.75) is 13.0 Å². The number of benzene rings is 2. The number of fused-ring (bicyclic) bond motifs is 2. The Morgan fingerprint density at radius 1 is 1.08 bits per heavy atom. The molecule has 1 aliphatic rings. The summed E-state index contributed by atoms with van der Waals surface area (Å²) >= 11 is 0. The Bertz CT molecular complexity index is 949. The van der Waals surface area contributed by atoms with Crippen molar-refractivity contribution in [1.82, 2.24) is 0 Å². The number of aromatic nitrogens is 1. The summed E-state index contributed by atoms with van der Waals surface area (Å²) in [6.45, 7) is 1.62. The van der Waals surface area contributed by atoms with Gasteiger partial charge in [-0.15, -0.1) is 0 Å². The second-order valence-electron chi connectivity index (χ2n) is 6.24. The topological polar surface area (TPSA) is 42.4 Å². The lowest BCUT2D eigenvalue weighted by Crippen LogP contribution is -2.35.